The van der Waals surface area contributed by atoms with Crippen molar-refractivity contribution >= 4 is 23.0 Å². The third kappa shape index (κ3) is 4.38. The van der Waals surface area contributed by atoms with Crippen LogP contribution >= 0.6 is 0 Å². The lowest BCUT2D eigenvalue weighted by Gasteiger charge is -2.29. The van der Waals surface area contributed by atoms with Crippen LogP contribution in [0.2, 0.25) is 0 Å². The van der Waals surface area contributed by atoms with Crippen molar-refractivity contribution in [3.05, 3.63) is 72.1 Å². The molecule has 1 fully saturated rings. The summed E-state index contributed by atoms with van der Waals surface area (Å²) in [6.45, 7) is 5.85. The Morgan fingerprint density at radius 1 is 1.03 bits per heavy atom. The first-order valence-corrected chi connectivity index (χ1v) is 9.80. The first-order chi connectivity index (χ1) is 14.1. The number of hydrogen-bond donors (Lipinski definition) is 3. The topological polar surface area (TPSA) is 83.3 Å². The van der Waals surface area contributed by atoms with Crippen molar-refractivity contribution in [2.75, 3.05) is 42.1 Å². The lowest BCUT2D eigenvalue weighted by Crippen LogP contribution is -2.43. The number of nitrogen functional groups attached to an aromatic ring is 1. The van der Waals surface area contributed by atoms with Gasteiger partial charge >= 0.3 is 0 Å². The minimum atomic E-state index is -0.274. The molecule has 3 aromatic rings. The van der Waals surface area contributed by atoms with Gasteiger partial charge < -0.3 is 21.3 Å². The number of nitrogens with one attached hydrogen (secondary N) is 2. The SMILES string of the molecule is Cc1ccc(-c2ccc(N)c(NC(=O)c3ccc(N4CCNCC4)cn3)c2)cc1. The van der Waals surface area contributed by atoms with Gasteiger partial charge in [-0.3, -0.25) is 4.79 Å². The maximum Gasteiger partial charge on any atom is 0.274 e. The molecular formula is C23H25N5O. The highest BCUT2D eigenvalue weighted by Gasteiger charge is 2.14. The number of carbonyl (C=O) groups excluding carboxylic acids is 1. The average Bonchev–Trinajstić information content (AvgIpc) is 2.76. The smallest absolute Gasteiger partial charge is 0.274 e. The molecule has 0 unspecified atom stereocenters. The van der Waals surface area contributed by atoms with Crippen LogP contribution in [0.15, 0.2) is 60.8 Å². The summed E-state index contributed by atoms with van der Waals surface area (Å²) in [6.07, 6.45) is 1.76. The van der Waals surface area contributed by atoms with Gasteiger partial charge in [0.25, 0.3) is 5.91 Å². The van der Waals surface area contributed by atoms with Crippen LogP contribution in [0, 0.1) is 6.92 Å². The summed E-state index contributed by atoms with van der Waals surface area (Å²) >= 11 is 0. The molecule has 1 saturated heterocycles. The van der Waals surface area contributed by atoms with E-state index < -0.39 is 0 Å². The molecule has 6 heteroatoms. The van der Waals surface area contributed by atoms with E-state index in [-0.39, 0.29) is 5.91 Å². The first-order valence-electron chi connectivity index (χ1n) is 9.80. The highest BCUT2D eigenvalue weighted by atomic mass is 16.1. The molecule has 2 aromatic carbocycles. The van der Waals surface area contributed by atoms with Crippen LogP contribution in [0.3, 0.4) is 0 Å². The second-order valence-corrected chi connectivity index (χ2v) is 7.26. The molecule has 0 radical (unpaired) electrons. The van der Waals surface area contributed by atoms with Crippen LogP contribution in [-0.4, -0.2) is 37.1 Å². The van der Waals surface area contributed by atoms with Gasteiger partial charge in [-0.15, -0.1) is 0 Å². The molecule has 0 spiro atoms. The van der Waals surface area contributed by atoms with Gasteiger partial charge in [-0.05, 0) is 42.3 Å². The lowest BCUT2D eigenvalue weighted by molar-refractivity contribution is 0.102. The van der Waals surface area contributed by atoms with Crippen LogP contribution in [0.25, 0.3) is 11.1 Å². The number of aromatic nitrogens is 1. The number of pyridine rings is 1. The summed E-state index contributed by atoms with van der Waals surface area (Å²) in [5.41, 5.74) is 11.9. The zero-order chi connectivity index (χ0) is 20.2. The molecule has 0 aliphatic carbocycles. The van der Waals surface area contributed by atoms with Gasteiger partial charge in [0.2, 0.25) is 0 Å². The summed E-state index contributed by atoms with van der Waals surface area (Å²) in [7, 11) is 0. The number of rotatable bonds is 4. The monoisotopic (exact) mass is 387 g/mol. The van der Waals surface area contributed by atoms with Gasteiger partial charge in [-0.1, -0.05) is 35.9 Å². The summed E-state index contributed by atoms with van der Waals surface area (Å²) < 4.78 is 0. The molecule has 1 aliphatic rings. The van der Waals surface area contributed by atoms with Crippen molar-refractivity contribution in [2.45, 2.75) is 6.92 Å². The third-order valence-corrected chi connectivity index (χ3v) is 5.15. The first kappa shape index (κ1) is 19.0. The van der Waals surface area contributed by atoms with Crippen molar-refractivity contribution in [2.24, 2.45) is 0 Å². The molecule has 0 saturated carbocycles. The number of carbonyl (C=O) groups is 1. The van der Waals surface area contributed by atoms with Crippen molar-refractivity contribution in [1.82, 2.24) is 10.3 Å². The van der Waals surface area contributed by atoms with E-state index in [2.05, 4.69) is 51.7 Å². The Labute approximate surface area is 170 Å². The number of amides is 1. The Morgan fingerprint density at radius 2 is 1.76 bits per heavy atom. The Kier molecular flexibility index (Phi) is 5.44. The standard InChI is InChI=1S/C23H25N5O/c1-16-2-4-17(5-3-16)18-6-8-20(24)22(14-18)27-23(29)21-9-7-19(15-26-21)28-12-10-25-11-13-28/h2-9,14-15,25H,10-13,24H2,1H3,(H,27,29). The predicted molar refractivity (Wildman–Crippen MR) is 118 cm³/mol. The molecule has 1 amide bonds. The number of aryl methyl sites for hydroxylation is 1. The summed E-state index contributed by atoms with van der Waals surface area (Å²) in [4.78, 5) is 19.3. The largest absolute Gasteiger partial charge is 0.397 e. The Balaban J connectivity index is 1.50. The number of hydrogen-bond acceptors (Lipinski definition) is 5. The van der Waals surface area contributed by atoms with Gasteiger partial charge in [-0.2, -0.15) is 0 Å². The van der Waals surface area contributed by atoms with Gasteiger partial charge in [0.1, 0.15) is 5.69 Å². The number of anilines is 3. The molecule has 0 bridgehead atoms. The van der Waals surface area contributed by atoms with E-state index in [1.54, 1.807) is 12.3 Å². The fraction of sp³-hybridized carbons (Fsp3) is 0.217. The zero-order valence-corrected chi connectivity index (χ0v) is 16.5. The Hall–Kier alpha value is -3.38. The van der Waals surface area contributed by atoms with E-state index in [0.29, 0.717) is 17.1 Å². The maximum absolute atomic E-state index is 12.7. The molecule has 4 N–H and O–H groups in total. The molecule has 29 heavy (non-hydrogen) atoms. The Morgan fingerprint density at radius 3 is 2.45 bits per heavy atom. The van der Waals surface area contributed by atoms with Gasteiger partial charge in [0, 0.05) is 26.2 Å². The molecule has 4 rings (SSSR count). The molecule has 148 valence electrons. The molecular weight excluding hydrogens is 362 g/mol. The molecule has 0 atom stereocenters. The summed E-state index contributed by atoms with van der Waals surface area (Å²) in [5.74, 6) is -0.274. The van der Waals surface area contributed by atoms with Gasteiger partial charge in [0.15, 0.2) is 0 Å². The normalized spacial score (nSPS) is 13.9. The Bertz CT molecular complexity index is 993. The quantitative estimate of drug-likeness (QED) is 0.598. The number of nitrogens with zero attached hydrogens (tertiary/aromatic N) is 2. The molecule has 1 aliphatic heterocycles. The fourth-order valence-corrected chi connectivity index (χ4v) is 3.41. The van der Waals surface area contributed by atoms with E-state index in [9.17, 15) is 4.79 Å². The average molecular weight is 387 g/mol. The zero-order valence-electron chi connectivity index (χ0n) is 16.5. The van der Waals surface area contributed by atoms with Crippen molar-refractivity contribution in [3.8, 4) is 11.1 Å². The van der Waals surface area contributed by atoms with E-state index >= 15 is 0 Å². The van der Waals surface area contributed by atoms with Crippen molar-refractivity contribution in [3.63, 3.8) is 0 Å². The van der Waals surface area contributed by atoms with Crippen molar-refractivity contribution in [1.29, 1.82) is 0 Å². The molecule has 6 nitrogen and oxygen atoms in total. The highest BCUT2D eigenvalue weighted by Crippen LogP contribution is 2.28. The van der Waals surface area contributed by atoms with Crippen LogP contribution < -0.4 is 21.3 Å². The number of piperazine rings is 1. The maximum atomic E-state index is 12.7. The summed E-state index contributed by atoms with van der Waals surface area (Å²) in [6, 6.07) is 17.6. The van der Waals surface area contributed by atoms with Crippen LogP contribution in [0.4, 0.5) is 17.1 Å². The second-order valence-electron chi connectivity index (χ2n) is 7.26. The summed E-state index contributed by atoms with van der Waals surface area (Å²) in [5, 5.41) is 6.22. The highest BCUT2D eigenvalue weighted by molar-refractivity contribution is 6.05. The van der Waals surface area contributed by atoms with E-state index in [1.807, 2.05) is 24.3 Å². The van der Waals surface area contributed by atoms with E-state index in [4.69, 9.17) is 5.73 Å². The number of nitrogens with two attached hydrogens (primary N) is 1. The van der Waals surface area contributed by atoms with Gasteiger partial charge in [0.05, 0.1) is 23.3 Å². The van der Waals surface area contributed by atoms with E-state index in [0.717, 1.165) is 43.0 Å². The molecule has 2 heterocycles. The molecule has 1 aromatic heterocycles. The van der Waals surface area contributed by atoms with E-state index in [1.165, 1.54) is 5.56 Å². The van der Waals surface area contributed by atoms with Crippen LogP contribution in [0.1, 0.15) is 16.1 Å². The minimum Gasteiger partial charge on any atom is -0.397 e. The number of benzene rings is 2. The fourth-order valence-electron chi connectivity index (χ4n) is 3.41. The third-order valence-electron chi connectivity index (χ3n) is 5.15. The predicted octanol–water partition coefficient (Wildman–Crippen LogP) is 3.30. The van der Waals surface area contributed by atoms with Crippen LogP contribution in [0.5, 0.6) is 0 Å². The second kappa shape index (κ2) is 8.32. The van der Waals surface area contributed by atoms with Crippen LogP contribution in [-0.2, 0) is 0 Å². The lowest BCUT2D eigenvalue weighted by atomic mass is 10.0. The van der Waals surface area contributed by atoms with Gasteiger partial charge in [-0.25, -0.2) is 4.98 Å². The minimum absolute atomic E-state index is 0.274. The van der Waals surface area contributed by atoms with Crippen molar-refractivity contribution < 1.29 is 4.79 Å².